The monoisotopic (exact) mass is 293 g/mol. The quantitative estimate of drug-likeness (QED) is 0.942. The average molecular weight is 294 g/mol. The topological polar surface area (TPSA) is 29.9 Å². The molecule has 1 aliphatic heterocycles. The van der Waals surface area contributed by atoms with E-state index in [2.05, 4.69) is 14.9 Å². The summed E-state index contributed by atoms with van der Waals surface area (Å²) in [7, 11) is 0. The smallest absolute Gasteiger partial charge is 0.141 e. The van der Waals surface area contributed by atoms with Gasteiger partial charge in [0.25, 0.3) is 0 Å². The molecule has 1 aromatic carbocycles. The molecule has 0 unspecified atom stereocenters. The van der Waals surface area contributed by atoms with Crippen LogP contribution in [0.3, 0.4) is 0 Å². The van der Waals surface area contributed by atoms with Crippen LogP contribution in [0, 0.1) is 5.82 Å². The number of piperidine rings is 1. The minimum Gasteiger partial charge on any atom is -0.330 e. The predicted octanol–water partition coefficient (Wildman–Crippen LogP) is 3.19. The number of benzene rings is 1. The Kier molecular flexibility index (Phi) is 4.03. The van der Waals surface area contributed by atoms with E-state index >= 15 is 0 Å². The lowest BCUT2D eigenvalue weighted by atomic mass is 9.95. The molecule has 106 valence electrons. The van der Waals surface area contributed by atoms with Crippen LogP contribution in [0.15, 0.2) is 30.7 Å². The third-order valence-electron chi connectivity index (χ3n) is 3.84. The molecule has 5 heteroatoms. The number of imidazole rings is 1. The van der Waals surface area contributed by atoms with E-state index in [9.17, 15) is 4.39 Å². The Balaban J connectivity index is 1.80. The van der Waals surface area contributed by atoms with E-state index in [-0.39, 0.29) is 10.8 Å². The highest BCUT2D eigenvalue weighted by molar-refractivity contribution is 6.30. The van der Waals surface area contributed by atoms with Gasteiger partial charge in [0, 0.05) is 24.4 Å². The first-order valence-corrected chi connectivity index (χ1v) is 7.26. The zero-order chi connectivity index (χ0) is 13.9. The van der Waals surface area contributed by atoms with E-state index in [0.29, 0.717) is 12.5 Å². The summed E-state index contributed by atoms with van der Waals surface area (Å²) in [5.74, 6) is 0.175. The van der Waals surface area contributed by atoms with Gasteiger partial charge in [-0.05, 0) is 43.6 Å². The molecule has 0 atom stereocenters. The van der Waals surface area contributed by atoms with Crippen LogP contribution >= 0.6 is 11.6 Å². The summed E-state index contributed by atoms with van der Waals surface area (Å²) in [6.45, 7) is 2.79. The second-order valence-electron chi connectivity index (χ2n) is 5.22. The molecule has 0 bridgehead atoms. The van der Waals surface area contributed by atoms with Crippen LogP contribution in [-0.2, 0) is 6.54 Å². The lowest BCUT2D eigenvalue weighted by Gasteiger charge is -2.23. The highest BCUT2D eigenvalue weighted by Gasteiger charge is 2.18. The van der Waals surface area contributed by atoms with Crippen molar-refractivity contribution in [3.63, 3.8) is 0 Å². The van der Waals surface area contributed by atoms with Crippen molar-refractivity contribution < 1.29 is 4.39 Å². The summed E-state index contributed by atoms with van der Waals surface area (Å²) in [4.78, 5) is 4.27. The normalized spacial score (nSPS) is 16.5. The summed E-state index contributed by atoms with van der Waals surface area (Å²) < 4.78 is 15.3. The zero-order valence-electron chi connectivity index (χ0n) is 11.1. The van der Waals surface area contributed by atoms with Gasteiger partial charge in [-0.2, -0.15) is 0 Å². The summed E-state index contributed by atoms with van der Waals surface area (Å²) in [6.07, 6.45) is 6.06. The lowest BCUT2D eigenvalue weighted by Crippen LogP contribution is -2.27. The van der Waals surface area contributed by atoms with E-state index in [4.69, 9.17) is 11.6 Å². The molecule has 1 aromatic heterocycles. The molecule has 0 saturated carbocycles. The van der Waals surface area contributed by atoms with E-state index in [0.717, 1.165) is 31.5 Å². The van der Waals surface area contributed by atoms with Crippen molar-refractivity contribution in [1.29, 1.82) is 0 Å². The van der Waals surface area contributed by atoms with Crippen LogP contribution in [0.5, 0.6) is 0 Å². The fraction of sp³-hybridized carbons (Fsp3) is 0.400. The maximum atomic E-state index is 13.2. The molecule has 3 rings (SSSR count). The number of halogens is 2. The van der Waals surface area contributed by atoms with Crippen molar-refractivity contribution in [1.82, 2.24) is 14.9 Å². The summed E-state index contributed by atoms with van der Waals surface area (Å²) in [5, 5.41) is 3.54. The molecule has 2 aromatic rings. The molecule has 20 heavy (non-hydrogen) atoms. The van der Waals surface area contributed by atoms with Crippen LogP contribution in [0.4, 0.5) is 4.39 Å². The third-order valence-corrected chi connectivity index (χ3v) is 4.13. The lowest BCUT2D eigenvalue weighted by molar-refractivity contribution is 0.442. The number of hydrogen-bond acceptors (Lipinski definition) is 2. The van der Waals surface area contributed by atoms with Crippen LogP contribution in [0.2, 0.25) is 5.02 Å². The highest BCUT2D eigenvalue weighted by atomic mass is 35.5. The Morgan fingerprint density at radius 1 is 1.35 bits per heavy atom. The first-order chi connectivity index (χ1) is 9.74. The molecule has 1 fully saturated rings. The second kappa shape index (κ2) is 5.94. The summed E-state index contributed by atoms with van der Waals surface area (Å²) in [5.41, 5.74) is 2.25. The molecular formula is C15H17ClFN3. The van der Waals surface area contributed by atoms with Gasteiger partial charge in [0.1, 0.15) is 5.82 Å². The third kappa shape index (κ3) is 2.86. The number of aromatic nitrogens is 2. The van der Waals surface area contributed by atoms with Crippen LogP contribution in [-0.4, -0.2) is 22.6 Å². The van der Waals surface area contributed by atoms with Crippen molar-refractivity contribution in [2.24, 2.45) is 0 Å². The molecule has 3 nitrogen and oxygen atoms in total. The summed E-state index contributed by atoms with van der Waals surface area (Å²) in [6, 6.07) is 4.87. The maximum Gasteiger partial charge on any atom is 0.141 e. The maximum absolute atomic E-state index is 13.2. The number of rotatable bonds is 3. The summed E-state index contributed by atoms with van der Waals surface area (Å²) >= 11 is 5.83. The zero-order valence-corrected chi connectivity index (χ0v) is 11.9. The highest BCUT2D eigenvalue weighted by Crippen LogP contribution is 2.26. The fourth-order valence-corrected chi connectivity index (χ4v) is 2.96. The number of nitrogens with zero attached hydrogens (tertiary/aromatic N) is 2. The molecule has 0 aliphatic carbocycles. The molecule has 2 heterocycles. The second-order valence-corrected chi connectivity index (χ2v) is 5.63. The minimum atomic E-state index is -0.375. The van der Waals surface area contributed by atoms with Crippen LogP contribution in [0.1, 0.15) is 30.0 Å². The van der Waals surface area contributed by atoms with Gasteiger partial charge in [0.15, 0.2) is 0 Å². The predicted molar refractivity (Wildman–Crippen MR) is 77.6 cm³/mol. The van der Waals surface area contributed by atoms with E-state index < -0.39 is 0 Å². The molecule has 0 radical (unpaired) electrons. The molecule has 0 amide bonds. The Morgan fingerprint density at radius 3 is 2.90 bits per heavy atom. The average Bonchev–Trinajstić information content (AvgIpc) is 2.92. The van der Waals surface area contributed by atoms with E-state index in [1.165, 1.54) is 11.8 Å². The van der Waals surface area contributed by atoms with Crippen molar-refractivity contribution in [2.75, 3.05) is 13.1 Å². The van der Waals surface area contributed by atoms with Gasteiger partial charge < -0.3 is 9.88 Å². The molecular weight excluding hydrogens is 277 g/mol. The van der Waals surface area contributed by atoms with Gasteiger partial charge in [0.05, 0.1) is 11.3 Å². The van der Waals surface area contributed by atoms with E-state index in [1.807, 2.05) is 12.5 Å². The Bertz CT molecular complexity index is 591. The molecule has 1 saturated heterocycles. The standard InChI is InChI=1S/C15H17ClFN3/c16-13-7-11(1-2-14(13)17)9-20-10-19-8-15(20)12-3-5-18-6-4-12/h1-2,7-8,10,12,18H,3-6,9H2. The van der Waals surface area contributed by atoms with Gasteiger partial charge in [0.2, 0.25) is 0 Å². The first kappa shape index (κ1) is 13.6. The number of hydrogen-bond donors (Lipinski definition) is 1. The largest absolute Gasteiger partial charge is 0.330 e. The van der Waals surface area contributed by atoms with Crippen molar-refractivity contribution in [3.8, 4) is 0 Å². The first-order valence-electron chi connectivity index (χ1n) is 6.88. The minimum absolute atomic E-state index is 0.172. The molecule has 0 spiro atoms. The SMILES string of the molecule is Fc1ccc(Cn2cncc2C2CCNCC2)cc1Cl. The van der Waals surface area contributed by atoms with Crippen LogP contribution < -0.4 is 5.32 Å². The van der Waals surface area contributed by atoms with E-state index in [1.54, 1.807) is 12.1 Å². The van der Waals surface area contributed by atoms with Gasteiger partial charge in [-0.1, -0.05) is 17.7 Å². The number of nitrogens with one attached hydrogen (secondary N) is 1. The van der Waals surface area contributed by atoms with Gasteiger partial charge >= 0.3 is 0 Å². The molecule has 1 aliphatic rings. The fourth-order valence-electron chi connectivity index (χ4n) is 2.76. The van der Waals surface area contributed by atoms with Gasteiger partial charge in [-0.25, -0.2) is 9.37 Å². The van der Waals surface area contributed by atoms with Gasteiger partial charge in [-0.15, -0.1) is 0 Å². The van der Waals surface area contributed by atoms with Crippen molar-refractivity contribution >= 4 is 11.6 Å². The Hall–Kier alpha value is -1.39. The molecule has 1 N–H and O–H groups in total. The van der Waals surface area contributed by atoms with Crippen molar-refractivity contribution in [3.05, 3.63) is 52.8 Å². The Morgan fingerprint density at radius 2 is 2.15 bits per heavy atom. The Labute approximate surface area is 122 Å². The van der Waals surface area contributed by atoms with Crippen LogP contribution in [0.25, 0.3) is 0 Å². The van der Waals surface area contributed by atoms with Gasteiger partial charge in [-0.3, -0.25) is 0 Å². The van der Waals surface area contributed by atoms with Crippen molar-refractivity contribution in [2.45, 2.75) is 25.3 Å².